The number of benzene rings is 2. The average Bonchev–Trinajstić information content (AvgIpc) is 3.07. The fourth-order valence-corrected chi connectivity index (χ4v) is 2.19. The lowest BCUT2D eigenvalue weighted by atomic mass is 10.3. The van der Waals surface area contributed by atoms with Gasteiger partial charge in [0.05, 0.1) is 10.0 Å². The van der Waals surface area contributed by atoms with E-state index < -0.39 is 0 Å². The van der Waals surface area contributed by atoms with Crippen LogP contribution in [0.1, 0.15) is 0 Å². The van der Waals surface area contributed by atoms with E-state index in [1.165, 1.54) is 6.07 Å². The highest BCUT2D eigenvalue weighted by Crippen LogP contribution is 2.61. The Balaban J connectivity index is 1.99. The summed E-state index contributed by atoms with van der Waals surface area (Å²) in [6.45, 7) is 0. The Bertz CT molecular complexity index is 652. The Labute approximate surface area is 117 Å². The van der Waals surface area contributed by atoms with Gasteiger partial charge in [-0.2, -0.15) is 0 Å². The van der Waals surface area contributed by atoms with Crippen LogP contribution in [0, 0.1) is 0 Å². The van der Waals surface area contributed by atoms with Gasteiger partial charge in [-0.15, -0.1) is 0 Å². The molecule has 2 aromatic rings. The molecule has 0 aromatic heterocycles. The fourth-order valence-electron chi connectivity index (χ4n) is 1.52. The van der Waals surface area contributed by atoms with Crippen LogP contribution in [0.25, 0.3) is 0 Å². The predicted molar refractivity (Wildman–Crippen MR) is 69.7 cm³/mol. The lowest BCUT2D eigenvalue weighted by molar-refractivity contribution is 0.408. The summed E-state index contributed by atoms with van der Waals surface area (Å²) in [6, 6.07) is 6.14. The van der Waals surface area contributed by atoms with E-state index in [9.17, 15) is 5.11 Å². The maximum atomic E-state index is 9.75. The van der Waals surface area contributed by atoms with Crippen LogP contribution in [0.5, 0.6) is 28.7 Å². The molecule has 0 amide bonds. The Kier molecular flexibility index (Phi) is 2.70. The maximum Gasteiger partial charge on any atom is 0.218 e. The SMILES string of the molecule is Oc1cc(Cl)c2c(c1Oc1ccc(Cl)cc1Cl)O2. The molecule has 1 aliphatic rings. The molecule has 0 aliphatic carbocycles. The molecule has 1 aliphatic heterocycles. The van der Waals surface area contributed by atoms with Gasteiger partial charge in [-0.3, -0.25) is 0 Å². The number of halogens is 3. The van der Waals surface area contributed by atoms with Gasteiger partial charge in [0.15, 0.2) is 11.5 Å². The molecule has 1 N–H and O–H groups in total. The summed E-state index contributed by atoms with van der Waals surface area (Å²) in [7, 11) is 0. The molecule has 0 fully saturated rings. The predicted octanol–water partition coefficient (Wildman–Crippen LogP) is 5.25. The van der Waals surface area contributed by atoms with Crippen LogP contribution >= 0.6 is 34.8 Å². The Morgan fingerprint density at radius 1 is 1.00 bits per heavy atom. The minimum atomic E-state index is -0.109. The van der Waals surface area contributed by atoms with Crippen molar-refractivity contribution in [1.29, 1.82) is 0 Å². The van der Waals surface area contributed by atoms with E-state index in [0.717, 1.165) is 0 Å². The van der Waals surface area contributed by atoms with Crippen molar-refractivity contribution in [3.8, 4) is 28.7 Å². The number of aromatic hydroxyl groups is 1. The maximum absolute atomic E-state index is 9.75. The molecule has 6 heteroatoms. The first kappa shape index (κ1) is 11.8. The first-order valence-electron chi connectivity index (χ1n) is 4.92. The molecule has 2 aromatic carbocycles. The van der Waals surface area contributed by atoms with Crippen molar-refractivity contribution in [2.45, 2.75) is 0 Å². The van der Waals surface area contributed by atoms with Crippen LogP contribution in [0.15, 0.2) is 24.3 Å². The lowest BCUT2D eigenvalue weighted by Gasteiger charge is -2.07. The molecule has 3 nitrogen and oxygen atoms in total. The Hall–Kier alpha value is -1.29. The van der Waals surface area contributed by atoms with Gasteiger partial charge in [-0.25, -0.2) is 0 Å². The molecule has 3 rings (SSSR count). The summed E-state index contributed by atoms with van der Waals surface area (Å²) in [4.78, 5) is 0. The highest BCUT2D eigenvalue weighted by atomic mass is 35.5. The number of hydrogen-bond acceptors (Lipinski definition) is 3. The zero-order valence-electron chi connectivity index (χ0n) is 8.71. The standard InChI is InChI=1S/C12H5Cl3O3/c13-5-1-2-9(6(14)3-5)17-11-8(16)4-7(15)10-12(11)18-10/h1-4,16H. The molecule has 92 valence electrons. The molecule has 0 spiro atoms. The van der Waals surface area contributed by atoms with E-state index >= 15 is 0 Å². The van der Waals surface area contributed by atoms with E-state index in [0.29, 0.717) is 32.3 Å². The van der Waals surface area contributed by atoms with Crippen molar-refractivity contribution in [2.75, 3.05) is 0 Å². The molecule has 0 radical (unpaired) electrons. The normalized spacial score (nSPS) is 11.7. The van der Waals surface area contributed by atoms with Gasteiger partial charge in [0.2, 0.25) is 11.5 Å². The first-order chi connectivity index (χ1) is 8.56. The van der Waals surface area contributed by atoms with Crippen LogP contribution in [0.2, 0.25) is 15.1 Å². The lowest BCUT2D eigenvalue weighted by Crippen LogP contribution is -1.84. The minimum absolute atomic E-state index is 0.109. The second-order valence-electron chi connectivity index (χ2n) is 3.64. The molecular formula is C12H5Cl3O3. The number of ether oxygens (including phenoxy) is 2. The van der Waals surface area contributed by atoms with Crippen molar-refractivity contribution in [1.82, 2.24) is 0 Å². The molecule has 1 heterocycles. The van der Waals surface area contributed by atoms with Gasteiger partial charge in [0.1, 0.15) is 5.75 Å². The smallest absolute Gasteiger partial charge is 0.218 e. The molecular weight excluding hydrogens is 298 g/mol. The zero-order chi connectivity index (χ0) is 12.9. The van der Waals surface area contributed by atoms with Crippen LogP contribution < -0.4 is 9.47 Å². The monoisotopic (exact) mass is 302 g/mol. The van der Waals surface area contributed by atoms with Crippen LogP contribution in [0.4, 0.5) is 0 Å². The third-order valence-electron chi connectivity index (χ3n) is 2.39. The molecule has 0 saturated heterocycles. The topological polar surface area (TPSA) is 42.0 Å². The quantitative estimate of drug-likeness (QED) is 0.657. The summed E-state index contributed by atoms with van der Waals surface area (Å²) in [5.74, 6) is 1.39. The third-order valence-corrected chi connectivity index (χ3v) is 3.21. The second kappa shape index (κ2) is 4.12. The van der Waals surface area contributed by atoms with E-state index in [1.54, 1.807) is 18.2 Å². The van der Waals surface area contributed by atoms with Crippen LogP contribution in [0.3, 0.4) is 0 Å². The average molecular weight is 304 g/mol. The van der Waals surface area contributed by atoms with E-state index in [-0.39, 0.29) is 11.5 Å². The first-order valence-corrected chi connectivity index (χ1v) is 6.06. The second-order valence-corrected chi connectivity index (χ2v) is 4.89. The van der Waals surface area contributed by atoms with Crippen molar-refractivity contribution in [3.63, 3.8) is 0 Å². The van der Waals surface area contributed by atoms with Crippen LogP contribution in [-0.4, -0.2) is 5.11 Å². The van der Waals surface area contributed by atoms with Gasteiger partial charge >= 0.3 is 0 Å². The fraction of sp³-hybridized carbons (Fsp3) is 0. The van der Waals surface area contributed by atoms with Crippen molar-refractivity contribution in [2.24, 2.45) is 0 Å². The molecule has 18 heavy (non-hydrogen) atoms. The summed E-state index contributed by atoms with van der Waals surface area (Å²) in [5, 5.41) is 10.9. The molecule has 0 unspecified atom stereocenters. The number of phenols is 1. The third kappa shape index (κ3) is 1.94. The zero-order valence-corrected chi connectivity index (χ0v) is 11.0. The number of rotatable bonds is 2. The van der Waals surface area contributed by atoms with E-state index in [2.05, 4.69) is 0 Å². The molecule has 0 atom stereocenters. The minimum Gasteiger partial charge on any atom is -0.504 e. The largest absolute Gasteiger partial charge is 0.504 e. The van der Waals surface area contributed by atoms with E-state index in [1.807, 2.05) is 0 Å². The van der Waals surface area contributed by atoms with Gasteiger partial charge in [0.25, 0.3) is 0 Å². The Morgan fingerprint density at radius 3 is 2.50 bits per heavy atom. The Morgan fingerprint density at radius 2 is 1.78 bits per heavy atom. The number of hydrogen-bond donors (Lipinski definition) is 1. The molecule has 0 bridgehead atoms. The van der Waals surface area contributed by atoms with Crippen molar-refractivity contribution in [3.05, 3.63) is 39.3 Å². The molecule has 0 saturated carbocycles. The van der Waals surface area contributed by atoms with Crippen molar-refractivity contribution < 1.29 is 14.6 Å². The highest BCUT2D eigenvalue weighted by molar-refractivity contribution is 6.35. The summed E-state index contributed by atoms with van der Waals surface area (Å²) >= 11 is 17.6. The summed E-state index contributed by atoms with van der Waals surface area (Å²) in [5.41, 5.74) is 0. The van der Waals surface area contributed by atoms with Gasteiger partial charge in [0, 0.05) is 11.1 Å². The van der Waals surface area contributed by atoms with Crippen molar-refractivity contribution >= 4 is 34.8 Å². The number of phenolic OH excluding ortho intramolecular Hbond substituents is 1. The van der Waals surface area contributed by atoms with E-state index in [4.69, 9.17) is 44.3 Å². The van der Waals surface area contributed by atoms with Gasteiger partial charge in [-0.1, -0.05) is 34.8 Å². The van der Waals surface area contributed by atoms with Crippen LogP contribution in [-0.2, 0) is 0 Å². The van der Waals surface area contributed by atoms with Gasteiger partial charge < -0.3 is 14.6 Å². The highest BCUT2D eigenvalue weighted by Gasteiger charge is 2.33. The van der Waals surface area contributed by atoms with Gasteiger partial charge in [-0.05, 0) is 18.2 Å². The number of fused-ring (bicyclic) bond motifs is 1. The summed E-state index contributed by atoms with van der Waals surface area (Å²) < 4.78 is 10.6. The summed E-state index contributed by atoms with van der Waals surface area (Å²) in [6.07, 6.45) is 0.